The van der Waals surface area contributed by atoms with Crippen LogP contribution in [0, 0.1) is 19.8 Å². The molecule has 29 heavy (non-hydrogen) atoms. The quantitative estimate of drug-likeness (QED) is 0.665. The van der Waals surface area contributed by atoms with Gasteiger partial charge in [-0.15, -0.1) is 0 Å². The van der Waals surface area contributed by atoms with E-state index >= 15 is 0 Å². The summed E-state index contributed by atoms with van der Waals surface area (Å²) in [5.74, 6) is -0.792. The number of aromatic nitrogens is 1. The Morgan fingerprint density at radius 3 is 2.41 bits per heavy atom. The Balaban J connectivity index is 2.36. The predicted molar refractivity (Wildman–Crippen MR) is 112 cm³/mol. The predicted octanol–water partition coefficient (Wildman–Crippen LogP) is 3.49. The van der Waals surface area contributed by atoms with Gasteiger partial charge in [-0.1, -0.05) is 32.0 Å². The first-order valence-corrected chi connectivity index (χ1v) is 9.79. The van der Waals surface area contributed by atoms with Gasteiger partial charge in [0.05, 0.1) is 19.6 Å². The lowest BCUT2D eigenvalue weighted by Crippen LogP contribution is -2.38. The third-order valence-corrected chi connectivity index (χ3v) is 4.84. The van der Waals surface area contributed by atoms with Gasteiger partial charge in [0.25, 0.3) is 0 Å². The summed E-state index contributed by atoms with van der Waals surface area (Å²) in [6, 6.07) is 7.34. The van der Waals surface area contributed by atoms with Gasteiger partial charge < -0.3 is 15.2 Å². The van der Waals surface area contributed by atoms with E-state index in [1.54, 1.807) is 12.4 Å². The molecule has 6 nitrogen and oxygen atoms in total. The van der Waals surface area contributed by atoms with Crippen LogP contribution in [0.1, 0.15) is 49.4 Å². The van der Waals surface area contributed by atoms with Crippen molar-refractivity contribution >= 4 is 11.9 Å². The van der Waals surface area contributed by atoms with Crippen LogP contribution in [0.15, 0.2) is 36.7 Å². The number of amides is 1. The summed E-state index contributed by atoms with van der Waals surface area (Å²) < 4.78 is 4.79. The average molecular weight is 399 g/mol. The van der Waals surface area contributed by atoms with Crippen molar-refractivity contribution in [2.75, 3.05) is 7.11 Å². The Kier molecular flexibility index (Phi) is 7.91. The van der Waals surface area contributed by atoms with Gasteiger partial charge in [0, 0.05) is 18.0 Å². The van der Waals surface area contributed by atoms with Crippen molar-refractivity contribution in [3.63, 3.8) is 0 Å². The molecule has 0 bridgehead atoms. The minimum absolute atomic E-state index is 0.0471. The number of aryl methyl sites for hydroxylation is 2. The summed E-state index contributed by atoms with van der Waals surface area (Å²) in [6.45, 7) is 7.93. The highest BCUT2D eigenvalue weighted by Gasteiger charge is 2.24. The lowest BCUT2D eigenvalue weighted by atomic mass is 9.94. The van der Waals surface area contributed by atoms with E-state index in [0.29, 0.717) is 12.0 Å². The molecule has 0 saturated heterocycles. The molecule has 6 heteroatoms. The van der Waals surface area contributed by atoms with Gasteiger partial charge in [-0.05, 0) is 54.5 Å². The maximum Gasteiger partial charge on any atom is 0.307 e. The molecule has 0 aliphatic carbocycles. The second-order valence-electron chi connectivity index (χ2n) is 7.76. The first kappa shape index (κ1) is 22.6. The normalized spacial score (nSPS) is 13.1. The zero-order valence-corrected chi connectivity index (χ0v) is 17.7. The van der Waals surface area contributed by atoms with Gasteiger partial charge in [0.15, 0.2) is 0 Å². The molecule has 0 aliphatic rings. The minimum atomic E-state index is -1.13. The third kappa shape index (κ3) is 6.12. The van der Waals surface area contributed by atoms with Crippen molar-refractivity contribution in [1.82, 2.24) is 10.3 Å². The standard InChI is InChI=1S/C23H30N2O4/c1-14(2)9-20(26)23(28)25-19(11-21(27)29-5)17-10-18(13-24-12-17)22-15(3)7-6-8-16(22)4/h6-8,10,12-14,19-20,26H,9,11H2,1-5H3,(H,25,28)/t19?,20-/m1/s1. The summed E-state index contributed by atoms with van der Waals surface area (Å²) in [5.41, 5.74) is 4.89. The van der Waals surface area contributed by atoms with Gasteiger partial charge in [-0.3, -0.25) is 14.6 Å². The van der Waals surface area contributed by atoms with E-state index in [0.717, 1.165) is 22.3 Å². The Morgan fingerprint density at radius 1 is 1.17 bits per heavy atom. The molecule has 0 fully saturated rings. The summed E-state index contributed by atoms with van der Waals surface area (Å²) >= 11 is 0. The van der Waals surface area contributed by atoms with Crippen molar-refractivity contribution < 1.29 is 19.4 Å². The number of hydrogen-bond donors (Lipinski definition) is 2. The van der Waals surface area contributed by atoms with Gasteiger partial charge in [-0.25, -0.2) is 0 Å². The molecular formula is C23H30N2O4. The Bertz CT molecular complexity index is 843. The number of nitrogens with zero attached hydrogens (tertiary/aromatic N) is 1. The van der Waals surface area contributed by atoms with Gasteiger partial charge >= 0.3 is 5.97 Å². The Morgan fingerprint density at radius 2 is 1.83 bits per heavy atom. The van der Waals surface area contributed by atoms with E-state index in [1.807, 2.05) is 52.0 Å². The highest BCUT2D eigenvalue weighted by atomic mass is 16.5. The average Bonchev–Trinajstić information content (AvgIpc) is 2.66. The van der Waals surface area contributed by atoms with E-state index in [9.17, 15) is 14.7 Å². The molecule has 2 N–H and O–H groups in total. The van der Waals surface area contributed by atoms with Gasteiger partial charge in [0.2, 0.25) is 5.91 Å². The molecule has 1 aromatic carbocycles. The summed E-state index contributed by atoms with van der Waals surface area (Å²) in [6.07, 6.45) is 2.56. The number of esters is 1. The maximum atomic E-state index is 12.5. The molecule has 0 aliphatic heterocycles. The van der Waals surface area contributed by atoms with Crippen LogP contribution in [0.3, 0.4) is 0 Å². The molecule has 1 unspecified atom stereocenters. The van der Waals surface area contributed by atoms with Crippen LogP contribution in [-0.2, 0) is 14.3 Å². The number of pyridine rings is 1. The number of hydrogen-bond acceptors (Lipinski definition) is 5. The van der Waals surface area contributed by atoms with Crippen LogP contribution in [0.5, 0.6) is 0 Å². The highest BCUT2D eigenvalue weighted by Crippen LogP contribution is 2.29. The topological polar surface area (TPSA) is 88.5 Å². The number of benzene rings is 1. The fraction of sp³-hybridized carbons (Fsp3) is 0.435. The highest BCUT2D eigenvalue weighted by molar-refractivity contribution is 5.82. The second-order valence-corrected chi connectivity index (χ2v) is 7.76. The van der Waals surface area contributed by atoms with E-state index in [-0.39, 0.29) is 12.3 Å². The van der Waals surface area contributed by atoms with Gasteiger partial charge in [0.1, 0.15) is 6.10 Å². The molecule has 1 heterocycles. The maximum absolute atomic E-state index is 12.5. The first-order chi connectivity index (χ1) is 13.7. The smallest absolute Gasteiger partial charge is 0.307 e. The van der Waals surface area contributed by atoms with E-state index in [4.69, 9.17) is 4.74 Å². The monoisotopic (exact) mass is 398 g/mol. The minimum Gasteiger partial charge on any atom is -0.469 e. The molecule has 2 aromatic rings. The zero-order chi connectivity index (χ0) is 21.6. The van der Waals surface area contributed by atoms with Crippen LogP contribution in [0.2, 0.25) is 0 Å². The number of nitrogens with one attached hydrogen (secondary N) is 1. The molecule has 2 atom stereocenters. The zero-order valence-electron chi connectivity index (χ0n) is 17.7. The summed E-state index contributed by atoms with van der Waals surface area (Å²) in [4.78, 5) is 28.7. The molecule has 1 aromatic heterocycles. The Labute approximate surface area is 172 Å². The summed E-state index contributed by atoms with van der Waals surface area (Å²) in [5, 5.41) is 12.9. The van der Waals surface area contributed by atoms with Crippen molar-refractivity contribution in [2.24, 2.45) is 5.92 Å². The molecule has 2 rings (SSSR count). The number of aliphatic hydroxyl groups excluding tert-OH is 1. The molecule has 1 amide bonds. The van der Waals surface area contributed by atoms with Crippen molar-refractivity contribution in [1.29, 1.82) is 0 Å². The SMILES string of the molecule is COC(=O)CC(NC(=O)[C@H](O)CC(C)C)c1cncc(-c2c(C)cccc2C)c1. The van der Waals surface area contributed by atoms with Crippen molar-refractivity contribution in [3.05, 3.63) is 53.3 Å². The van der Waals surface area contributed by atoms with Crippen LogP contribution in [0.4, 0.5) is 0 Å². The number of aliphatic hydroxyl groups is 1. The van der Waals surface area contributed by atoms with Crippen LogP contribution < -0.4 is 5.32 Å². The van der Waals surface area contributed by atoms with Crippen molar-refractivity contribution in [2.45, 2.75) is 52.7 Å². The molecular weight excluding hydrogens is 368 g/mol. The largest absolute Gasteiger partial charge is 0.469 e. The number of carbonyl (C=O) groups excluding carboxylic acids is 2. The Hall–Kier alpha value is -2.73. The fourth-order valence-electron chi connectivity index (χ4n) is 3.38. The number of rotatable bonds is 8. The van der Waals surface area contributed by atoms with Crippen LogP contribution >= 0.6 is 0 Å². The molecule has 0 spiro atoms. The lowest BCUT2D eigenvalue weighted by Gasteiger charge is -2.21. The number of carbonyl (C=O) groups is 2. The molecule has 0 saturated carbocycles. The molecule has 0 radical (unpaired) electrons. The van der Waals surface area contributed by atoms with Gasteiger partial charge in [-0.2, -0.15) is 0 Å². The lowest BCUT2D eigenvalue weighted by molar-refractivity contribution is -0.141. The van der Waals surface area contributed by atoms with Crippen LogP contribution in [0.25, 0.3) is 11.1 Å². The van der Waals surface area contributed by atoms with E-state index in [2.05, 4.69) is 10.3 Å². The second kappa shape index (κ2) is 10.2. The molecule has 156 valence electrons. The van der Waals surface area contributed by atoms with E-state index < -0.39 is 24.0 Å². The first-order valence-electron chi connectivity index (χ1n) is 9.79. The van der Waals surface area contributed by atoms with Crippen LogP contribution in [-0.4, -0.2) is 35.2 Å². The fourth-order valence-corrected chi connectivity index (χ4v) is 3.38. The number of methoxy groups -OCH3 is 1. The summed E-state index contributed by atoms with van der Waals surface area (Å²) in [7, 11) is 1.31. The van der Waals surface area contributed by atoms with Crippen molar-refractivity contribution in [3.8, 4) is 11.1 Å². The van der Waals surface area contributed by atoms with E-state index in [1.165, 1.54) is 7.11 Å². The number of ether oxygens (including phenoxy) is 1. The third-order valence-electron chi connectivity index (χ3n) is 4.84.